The summed E-state index contributed by atoms with van der Waals surface area (Å²) >= 11 is 1.74. The first-order valence-corrected chi connectivity index (χ1v) is 7.28. The van der Waals surface area contributed by atoms with Crippen LogP contribution in [0.3, 0.4) is 0 Å². The normalized spacial score (nSPS) is 10.9. The summed E-state index contributed by atoms with van der Waals surface area (Å²) in [6, 6.07) is 3.89. The smallest absolute Gasteiger partial charge is 0.191 e. The number of rotatable bonds is 6. The van der Waals surface area contributed by atoms with E-state index >= 15 is 0 Å². The average Bonchev–Trinajstić information content (AvgIpc) is 2.81. The molecule has 0 fully saturated rings. The van der Waals surface area contributed by atoms with Gasteiger partial charge in [0.25, 0.3) is 0 Å². The number of thioether (sulfide) groups is 1. The molecule has 2 aromatic rings. The van der Waals surface area contributed by atoms with E-state index < -0.39 is 0 Å². The van der Waals surface area contributed by atoms with Crippen molar-refractivity contribution in [2.45, 2.75) is 25.5 Å². The predicted octanol–water partition coefficient (Wildman–Crippen LogP) is 3.27. The van der Waals surface area contributed by atoms with Crippen molar-refractivity contribution in [2.24, 2.45) is 5.92 Å². The van der Waals surface area contributed by atoms with Gasteiger partial charge < -0.3 is 0 Å². The zero-order valence-corrected chi connectivity index (χ0v) is 12.1. The lowest BCUT2D eigenvalue weighted by Gasteiger charge is -2.08. The molecule has 2 aromatic heterocycles. The SMILES string of the molecule is C=CCn1c(SCC(C)C)nnc1-c1ccncc1. The van der Waals surface area contributed by atoms with Gasteiger partial charge in [0, 0.05) is 30.3 Å². The summed E-state index contributed by atoms with van der Waals surface area (Å²) < 4.78 is 2.09. The second-order valence-electron chi connectivity index (χ2n) is 4.65. The summed E-state index contributed by atoms with van der Waals surface area (Å²) in [6.07, 6.45) is 5.40. The molecule has 0 atom stereocenters. The van der Waals surface area contributed by atoms with Crippen molar-refractivity contribution >= 4 is 11.8 Å². The van der Waals surface area contributed by atoms with Crippen LogP contribution < -0.4 is 0 Å². The van der Waals surface area contributed by atoms with Crippen LogP contribution in [0.2, 0.25) is 0 Å². The maximum absolute atomic E-state index is 4.30. The second-order valence-corrected chi connectivity index (χ2v) is 5.63. The van der Waals surface area contributed by atoms with E-state index in [2.05, 4.69) is 40.2 Å². The predicted molar refractivity (Wildman–Crippen MR) is 79.0 cm³/mol. The first-order chi connectivity index (χ1) is 9.22. The van der Waals surface area contributed by atoms with Gasteiger partial charge in [0.2, 0.25) is 0 Å². The van der Waals surface area contributed by atoms with E-state index in [1.807, 2.05) is 18.2 Å². The molecule has 2 heterocycles. The fourth-order valence-electron chi connectivity index (χ4n) is 1.64. The van der Waals surface area contributed by atoms with E-state index in [9.17, 15) is 0 Å². The van der Waals surface area contributed by atoms with Crippen LogP contribution >= 0.6 is 11.8 Å². The fourth-order valence-corrected chi connectivity index (χ4v) is 2.54. The number of hydrogen-bond donors (Lipinski definition) is 0. The van der Waals surface area contributed by atoms with E-state index in [-0.39, 0.29) is 0 Å². The lowest BCUT2D eigenvalue weighted by atomic mass is 10.2. The molecule has 0 amide bonds. The molecular formula is C14H18N4S. The number of nitrogens with zero attached hydrogens (tertiary/aromatic N) is 4. The first kappa shape index (κ1) is 13.8. The molecule has 0 N–H and O–H groups in total. The third-order valence-electron chi connectivity index (χ3n) is 2.51. The third-order valence-corrected chi connectivity index (χ3v) is 3.91. The second kappa shape index (κ2) is 6.52. The van der Waals surface area contributed by atoms with E-state index in [0.29, 0.717) is 12.5 Å². The van der Waals surface area contributed by atoms with Crippen molar-refractivity contribution in [3.63, 3.8) is 0 Å². The summed E-state index contributed by atoms with van der Waals surface area (Å²) in [5.74, 6) is 2.53. The molecule has 0 unspecified atom stereocenters. The van der Waals surface area contributed by atoms with Crippen LogP contribution in [0.25, 0.3) is 11.4 Å². The quantitative estimate of drug-likeness (QED) is 0.599. The highest BCUT2D eigenvalue weighted by Gasteiger charge is 2.13. The summed E-state index contributed by atoms with van der Waals surface area (Å²) in [4.78, 5) is 4.03. The van der Waals surface area contributed by atoms with Gasteiger partial charge >= 0.3 is 0 Å². The molecule has 0 aliphatic heterocycles. The molecule has 19 heavy (non-hydrogen) atoms. The number of pyridine rings is 1. The molecule has 0 aliphatic rings. The molecule has 0 aliphatic carbocycles. The molecule has 0 aromatic carbocycles. The summed E-state index contributed by atoms with van der Waals surface area (Å²) in [5, 5.41) is 9.54. The van der Waals surface area contributed by atoms with Gasteiger partial charge in [-0.3, -0.25) is 9.55 Å². The Morgan fingerprint density at radius 3 is 2.68 bits per heavy atom. The standard InChI is InChI=1S/C14H18N4S/c1-4-9-18-13(12-5-7-15-8-6-12)16-17-14(18)19-10-11(2)3/h4-8,11H,1,9-10H2,2-3H3. The van der Waals surface area contributed by atoms with Gasteiger partial charge in [0.05, 0.1) is 0 Å². The molecule has 0 saturated heterocycles. The van der Waals surface area contributed by atoms with Gasteiger partial charge in [-0.1, -0.05) is 31.7 Å². The van der Waals surface area contributed by atoms with E-state index in [1.54, 1.807) is 24.2 Å². The zero-order chi connectivity index (χ0) is 13.7. The average molecular weight is 274 g/mol. The Balaban J connectivity index is 2.31. The molecule has 0 bridgehead atoms. The van der Waals surface area contributed by atoms with Crippen molar-refractivity contribution < 1.29 is 0 Å². The Kier molecular flexibility index (Phi) is 4.74. The molecule has 2 rings (SSSR count). The number of hydrogen-bond acceptors (Lipinski definition) is 4. The van der Waals surface area contributed by atoms with Crippen molar-refractivity contribution in [1.29, 1.82) is 0 Å². The fraction of sp³-hybridized carbons (Fsp3) is 0.357. The van der Waals surface area contributed by atoms with Crippen LogP contribution in [0.1, 0.15) is 13.8 Å². The van der Waals surface area contributed by atoms with Gasteiger partial charge in [-0.2, -0.15) is 0 Å². The van der Waals surface area contributed by atoms with Crippen LogP contribution in [0.15, 0.2) is 42.3 Å². The Hall–Kier alpha value is -1.62. The molecule has 0 spiro atoms. The maximum Gasteiger partial charge on any atom is 0.191 e. The summed E-state index contributed by atoms with van der Waals surface area (Å²) in [5.41, 5.74) is 1.03. The van der Waals surface area contributed by atoms with Crippen molar-refractivity contribution in [1.82, 2.24) is 19.7 Å². The van der Waals surface area contributed by atoms with Gasteiger partial charge in [0.15, 0.2) is 11.0 Å². The molecule has 0 radical (unpaired) electrons. The number of aromatic nitrogens is 4. The van der Waals surface area contributed by atoms with E-state index in [0.717, 1.165) is 22.3 Å². The molecule has 100 valence electrons. The third kappa shape index (κ3) is 3.44. The highest BCUT2D eigenvalue weighted by Crippen LogP contribution is 2.24. The highest BCUT2D eigenvalue weighted by atomic mass is 32.2. The minimum absolute atomic E-state index is 0.628. The molecule has 0 saturated carbocycles. The largest absolute Gasteiger partial charge is 0.298 e. The number of allylic oxidation sites excluding steroid dienone is 1. The van der Waals surface area contributed by atoms with Crippen LogP contribution in [-0.2, 0) is 6.54 Å². The molecular weight excluding hydrogens is 256 g/mol. The van der Waals surface area contributed by atoms with Crippen LogP contribution in [0, 0.1) is 5.92 Å². The van der Waals surface area contributed by atoms with Gasteiger partial charge in [-0.15, -0.1) is 16.8 Å². The van der Waals surface area contributed by atoms with E-state index in [1.165, 1.54) is 0 Å². The van der Waals surface area contributed by atoms with Gasteiger partial charge in [0.1, 0.15) is 0 Å². The van der Waals surface area contributed by atoms with Gasteiger partial charge in [-0.25, -0.2) is 0 Å². The topological polar surface area (TPSA) is 43.6 Å². The highest BCUT2D eigenvalue weighted by molar-refractivity contribution is 7.99. The van der Waals surface area contributed by atoms with Crippen molar-refractivity contribution in [3.05, 3.63) is 37.2 Å². The lowest BCUT2D eigenvalue weighted by molar-refractivity contribution is 0.716. The Labute approximate surface area is 118 Å². The first-order valence-electron chi connectivity index (χ1n) is 6.29. The van der Waals surface area contributed by atoms with Crippen molar-refractivity contribution in [3.8, 4) is 11.4 Å². The minimum atomic E-state index is 0.628. The zero-order valence-electron chi connectivity index (χ0n) is 11.3. The monoisotopic (exact) mass is 274 g/mol. The summed E-state index contributed by atoms with van der Waals surface area (Å²) in [7, 11) is 0. The molecule has 5 heteroatoms. The van der Waals surface area contributed by atoms with Crippen LogP contribution in [-0.4, -0.2) is 25.5 Å². The van der Waals surface area contributed by atoms with Gasteiger partial charge in [-0.05, 0) is 18.1 Å². The van der Waals surface area contributed by atoms with Crippen LogP contribution in [0.4, 0.5) is 0 Å². The molecule has 4 nitrogen and oxygen atoms in total. The minimum Gasteiger partial charge on any atom is -0.298 e. The van der Waals surface area contributed by atoms with Crippen LogP contribution in [0.5, 0.6) is 0 Å². The Morgan fingerprint density at radius 2 is 2.05 bits per heavy atom. The maximum atomic E-state index is 4.30. The van der Waals surface area contributed by atoms with Crippen molar-refractivity contribution in [2.75, 3.05) is 5.75 Å². The summed E-state index contributed by atoms with van der Waals surface area (Å²) in [6.45, 7) is 8.92. The van der Waals surface area contributed by atoms with E-state index in [4.69, 9.17) is 0 Å². The Morgan fingerprint density at radius 1 is 1.32 bits per heavy atom. The lowest BCUT2D eigenvalue weighted by Crippen LogP contribution is -2.02. The Bertz CT molecular complexity index is 534.